The number of amides is 2. The van der Waals surface area contributed by atoms with Crippen LogP contribution in [0.4, 0.5) is 5.69 Å². The molecule has 3 aromatic carbocycles. The van der Waals surface area contributed by atoms with E-state index in [4.69, 9.17) is 4.74 Å². The lowest BCUT2D eigenvalue weighted by molar-refractivity contribution is -0.141. The third kappa shape index (κ3) is 9.62. The van der Waals surface area contributed by atoms with Crippen molar-refractivity contribution in [2.45, 2.75) is 52.6 Å². The number of ether oxygens (including phenoxy) is 1. The zero-order valence-corrected chi connectivity index (χ0v) is 26.1. The molecule has 9 heteroatoms. The summed E-state index contributed by atoms with van der Waals surface area (Å²) in [6.45, 7) is 6.90. The van der Waals surface area contributed by atoms with Crippen LogP contribution >= 0.6 is 0 Å². The van der Waals surface area contributed by atoms with Gasteiger partial charge in [-0.05, 0) is 42.5 Å². The molecule has 0 heterocycles. The van der Waals surface area contributed by atoms with E-state index in [2.05, 4.69) is 5.32 Å². The third-order valence-electron chi connectivity index (χ3n) is 6.94. The Morgan fingerprint density at radius 3 is 2.17 bits per heavy atom. The first-order valence-electron chi connectivity index (χ1n) is 14.3. The smallest absolute Gasteiger partial charge is 0.243 e. The van der Waals surface area contributed by atoms with Crippen molar-refractivity contribution >= 4 is 27.5 Å². The number of methoxy groups -OCH3 is 1. The maximum Gasteiger partial charge on any atom is 0.243 e. The number of rotatable bonds is 15. The molecule has 0 spiro atoms. The molecule has 0 saturated carbocycles. The highest BCUT2D eigenvalue weighted by Gasteiger charge is 2.31. The molecule has 42 heavy (non-hydrogen) atoms. The first-order chi connectivity index (χ1) is 20.0. The van der Waals surface area contributed by atoms with Gasteiger partial charge in [-0.25, -0.2) is 8.42 Å². The maximum absolute atomic E-state index is 13.9. The molecule has 0 aromatic heterocycles. The molecule has 226 valence electrons. The van der Waals surface area contributed by atoms with Crippen LogP contribution in [0.15, 0.2) is 78.9 Å². The zero-order chi connectivity index (χ0) is 30.7. The van der Waals surface area contributed by atoms with Crippen molar-refractivity contribution in [3.63, 3.8) is 0 Å². The van der Waals surface area contributed by atoms with Crippen molar-refractivity contribution in [3.8, 4) is 5.75 Å². The summed E-state index contributed by atoms with van der Waals surface area (Å²) in [4.78, 5) is 29.2. The van der Waals surface area contributed by atoms with Crippen LogP contribution < -0.4 is 14.4 Å². The summed E-state index contributed by atoms with van der Waals surface area (Å²) in [5, 5.41) is 3.03. The summed E-state index contributed by atoms with van der Waals surface area (Å²) in [5.74, 6) is 0.258. The van der Waals surface area contributed by atoms with Gasteiger partial charge in [-0.2, -0.15) is 0 Å². The Kier molecular flexibility index (Phi) is 12.0. The molecule has 0 fully saturated rings. The van der Waals surface area contributed by atoms with Crippen molar-refractivity contribution in [2.24, 2.45) is 5.92 Å². The minimum Gasteiger partial charge on any atom is -0.495 e. The van der Waals surface area contributed by atoms with E-state index in [-0.39, 0.29) is 43.7 Å². The second-order valence-corrected chi connectivity index (χ2v) is 12.9. The maximum atomic E-state index is 13.9. The van der Waals surface area contributed by atoms with Crippen LogP contribution in [-0.2, 0) is 32.6 Å². The van der Waals surface area contributed by atoms with Gasteiger partial charge in [0.1, 0.15) is 11.8 Å². The van der Waals surface area contributed by atoms with Gasteiger partial charge in [0.25, 0.3) is 0 Å². The lowest BCUT2D eigenvalue weighted by Crippen LogP contribution is -2.51. The first-order valence-corrected chi connectivity index (χ1v) is 16.1. The summed E-state index contributed by atoms with van der Waals surface area (Å²) in [5.41, 5.74) is 3.38. The molecular formula is C33H43N3O5S. The molecule has 0 unspecified atom stereocenters. The van der Waals surface area contributed by atoms with Crippen LogP contribution in [0.3, 0.4) is 0 Å². The van der Waals surface area contributed by atoms with Crippen molar-refractivity contribution < 1.29 is 22.7 Å². The van der Waals surface area contributed by atoms with E-state index in [9.17, 15) is 18.0 Å². The van der Waals surface area contributed by atoms with Crippen LogP contribution in [0.25, 0.3) is 0 Å². The molecule has 0 aliphatic carbocycles. The Labute approximate surface area is 250 Å². The molecule has 0 saturated heterocycles. The summed E-state index contributed by atoms with van der Waals surface area (Å²) in [7, 11) is -2.15. The number of nitrogens with zero attached hydrogens (tertiary/aromatic N) is 2. The van der Waals surface area contributed by atoms with Crippen LogP contribution in [0.5, 0.6) is 5.75 Å². The van der Waals surface area contributed by atoms with Crippen molar-refractivity contribution in [1.82, 2.24) is 10.2 Å². The summed E-state index contributed by atoms with van der Waals surface area (Å²) in [6, 6.07) is 23.7. The predicted octanol–water partition coefficient (Wildman–Crippen LogP) is 4.96. The number of hydrogen-bond acceptors (Lipinski definition) is 5. The standard InChI is InChI=1S/C33H43N3O5S/c1-25(2)23-34-33(38)30(22-27-12-7-6-8-13-27)35(24-28-19-17-26(3)18-20-28)32(37)16-11-21-36(42(5,39)40)29-14-9-10-15-31(29)41-4/h6-10,12-15,17-20,25,30H,11,16,21-24H2,1-5H3,(H,34,38)/t30-/m1/s1. The van der Waals surface area contributed by atoms with Gasteiger partial charge in [0, 0.05) is 32.5 Å². The van der Waals surface area contributed by atoms with Gasteiger partial charge in [-0.3, -0.25) is 13.9 Å². The Hall–Kier alpha value is -3.85. The number of para-hydroxylation sites is 2. The number of aryl methyl sites for hydroxylation is 1. The second kappa shape index (κ2) is 15.4. The molecule has 1 atom stereocenters. The van der Waals surface area contributed by atoms with Crippen molar-refractivity contribution in [3.05, 3.63) is 95.6 Å². The summed E-state index contributed by atoms with van der Waals surface area (Å²) >= 11 is 0. The molecule has 1 N–H and O–H groups in total. The molecule has 3 rings (SSSR count). The number of benzene rings is 3. The van der Waals surface area contributed by atoms with E-state index < -0.39 is 16.1 Å². The Morgan fingerprint density at radius 1 is 0.905 bits per heavy atom. The molecule has 0 aliphatic rings. The number of sulfonamides is 1. The SMILES string of the molecule is COc1ccccc1N(CCCC(=O)N(Cc1ccc(C)cc1)[C@H](Cc1ccccc1)C(=O)NCC(C)C)S(C)(=O)=O. The van der Waals surface area contributed by atoms with Crippen LogP contribution in [0.2, 0.25) is 0 Å². The highest BCUT2D eigenvalue weighted by atomic mass is 32.2. The molecule has 2 amide bonds. The van der Waals surface area contributed by atoms with Gasteiger partial charge in [-0.15, -0.1) is 0 Å². The molecule has 3 aromatic rings. The highest BCUT2D eigenvalue weighted by molar-refractivity contribution is 7.92. The topological polar surface area (TPSA) is 96.0 Å². The number of carbonyl (C=O) groups is 2. The lowest BCUT2D eigenvalue weighted by Gasteiger charge is -2.32. The summed E-state index contributed by atoms with van der Waals surface area (Å²) in [6.07, 6.45) is 1.83. The minimum absolute atomic E-state index is 0.0653. The van der Waals surface area contributed by atoms with Gasteiger partial charge in [-0.1, -0.05) is 86.1 Å². The predicted molar refractivity (Wildman–Crippen MR) is 168 cm³/mol. The Balaban J connectivity index is 1.89. The first kappa shape index (κ1) is 32.7. The Bertz CT molecular complexity index is 1410. The number of hydrogen-bond donors (Lipinski definition) is 1. The fraction of sp³-hybridized carbons (Fsp3) is 0.394. The monoisotopic (exact) mass is 593 g/mol. The van der Waals surface area contributed by atoms with Gasteiger partial charge < -0.3 is 15.0 Å². The molecule has 0 radical (unpaired) electrons. The fourth-order valence-corrected chi connectivity index (χ4v) is 5.65. The number of carbonyl (C=O) groups excluding carboxylic acids is 2. The largest absolute Gasteiger partial charge is 0.495 e. The van der Waals surface area contributed by atoms with E-state index in [0.29, 0.717) is 24.4 Å². The van der Waals surface area contributed by atoms with Gasteiger partial charge in [0.05, 0.1) is 19.1 Å². The van der Waals surface area contributed by atoms with Gasteiger partial charge in [0.2, 0.25) is 21.8 Å². The molecule has 0 aliphatic heterocycles. The lowest BCUT2D eigenvalue weighted by atomic mass is 10.0. The molecule has 0 bridgehead atoms. The van der Waals surface area contributed by atoms with Crippen LogP contribution in [0.1, 0.15) is 43.4 Å². The normalized spacial score (nSPS) is 12.0. The quantitative estimate of drug-likeness (QED) is 0.269. The van der Waals surface area contributed by atoms with E-state index >= 15 is 0 Å². The van der Waals surface area contributed by atoms with Gasteiger partial charge in [0.15, 0.2) is 0 Å². The Morgan fingerprint density at radius 2 is 1.55 bits per heavy atom. The van der Waals surface area contributed by atoms with E-state index in [1.165, 1.54) is 11.4 Å². The molecular weight excluding hydrogens is 550 g/mol. The van der Waals surface area contributed by atoms with Gasteiger partial charge >= 0.3 is 0 Å². The zero-order valence-electron chi connectivity index (χ0n) is 25.2. The average molecular weight is 594 g/mol. The fourth-order valence-electron chi connectivity index (χ4n) is 4.68. The third-order valence-corrected chi connectivity index (χ3v) is 8.12. The second-order valence-electron chi connectivity index (χ2n) is 11.0. The molecule has 8 nitrogen and oxygen atoms in total. The highest BCUT2D eigenvalue weighted by Crippen LogP contribution is 2.30. The van der Waals surface area contributed by atoms with Crippen molar-refractivity contribution in [1.29, 1.82) is 0 Å². The van der Waals surface area contributed by atoms with Crippen LogP contribution in [-0.4, -0.2) is 57.6 Å². The minimum atomic E-state index is -3.64. The van der Waals surface area contributed by atoms with E-state index in [1.54, 1.807) is 29.2 Å². The van der Waals surface area contributed by atoms with E-state index in [0.717, 1.165) is 22.9 Å². The number of nitrogens with one attached hydrogen (secondary N) is 1. The average Bonchev–Trinajstić information content (AvgIpc) is 2.96. The van der Waals surface area contributed by atoms with Crippen LogP contribution in [0, 0.1) is 12.8 Å². The van der Waals surface area contributed by atoms with E-state index in [1.807, 2.05) is 75.4 Å². The number of anilines is 1. The summed E-state index contributed by atoms with van der Waals surface area (Å²) < 4.78 is 32.1. The van der Waals surface area contributed by atoms with Crippen molar-refractivity contribution in [2.75, 3.05) is 30.8 Å².